The van der Waals surface area contributed by atoms with Crippen LogP contribution in [0, 0.1) is 0 Å². The van der Waals surface area contributed by atoms with Crippen molar-refractivity contribution in [1.29, 1.82) is 0 Å². The molecule has 0 aliphatic rings. The number of hydrogen-bond donors (Lipinski definition) is 1. The van der Waals surface area contributed by atoms with Crippen LogP contribution in [0.5, 0.6) is 0 Å². The molecule has 1 N–H and O–H groups in total. The van der Waals surface area contributed by atoms with E-state index in [0.29, 0.717) is 5.95 Å². The standard InChI is InChI=1S/C17H23ClN4/c1-4-7-15-12-16(22(5-2)6-3)21-17(20-15)19-14-10-8-13(18)9-11-14/h8-12H,4-7H2,1-3H3,(H,19,20,21). The highest BCUT2D eigenvalue weighted by molar-refractivity contribution is 6.30. The fourth-order valence-electron chi connectivity index (χ4n) is 2.30. The second kappa shape index (κ2) is 7.99. The lowest BCUT2D eigenvalue weighted by Crippen LogP contribution is -2.23. The fourth-order valence-corrected chi connectivity index (χ4v) is 2.42. The molecule has 1 aromatic heterocycles. The Labute approximate surface area is 137 Å². The normalized spacial score (nSPS) is 10.5. The number of nitrogens with one attached hydrogen (secondary N) is 1. The van der Waals surface area contributed by atoms with E-state index in [1.807, 2.05) is 24.3 Å². The van der Waals surface area contributed by atoms with Gasteiger partial charge >= 0.3 is 0 Å². The molecule has 0 atom stereocenters. The van der Waals surface area contributed by atoms with Crippen LogP contribution in [0.2, 0.25) is 5.02 Å². The van der Waals surface area contributed by atoms with E-state index in [2.05, 4.69) is 47.0 Å². The monoisotopic (exact) mass is 318 g/mol. The summed E-state index contributed by atoms with van der Waals surface area (Å²) in [6.45, 7) is 8.29. The van der Waals surface area contributed by atoms with Crippen molar-refractivity contribution in [3.05, 3.63) is 41.0 Å². The summed E-state index contributed by atoms with van der Waals surface area (Å²) in [5, 5.41) is 3.98. The summed E-state index contributed by atoms with van der Waals surface area (Å²) < 4.78 is 0. The van der Waals surface area contributed by atoms with Gasteiger partial charge in [0.1, 0.15) is 5.82 Å². The molecule has 0 aliphatic heterocycles. The Morgan fingerprint density at radius 1 is 1.05 bits per heavy atom. The predicted octanol–water partition coefficient (Wildman–Crippen LogP) is 4.67. The molecule has 22 heavy (non-hydrogen) atoms. The Bertz CT molecular complexity index is 594. The van der Waals surface area contributed by atoms with Crippen molar-refractivity contribution in [2.24, 2.45) is 0 Å². The molecule has 0 saturated carbocycles. The van der Waals surface area contributed by atoms with E-state index in [4.69, 9.17) is 11.6 Å². The molecule has 0 radical (unpaired) electrons. The summed E-state index contributed by atoms with van der Waals surface area (Å²) in [7, 11) is 0. The quantitative estimate of drug-likeness (QED) is 0.805. The second-order valence-electron chi connectivity index (χ2n) is 5.10. The van der Waals surface area contributed by atoms with E-state index < -0.39 is 0 Å². The van der Waals surface area contributed by atoms with Gasteiger partial charge < -0.3 is 10.2 Å². The van der Waals surface area contributed by atoms with Gasteiger partial charge in [-0.1, -0.05) is 24.9 Å². The van der Waals surface area contributed by atoms with Crippen molar-refractivity contribution in [3.8, 4) is 0 Å². The van der Waals surface area contributed by atoms with Crippen molar-refractivity contribution in [1.82, 2.24) is 9.97 Å². The molecular formula is C17H23ClN4. The lowest BCUT2D eigenvalue weighted by atomic mass is 10.2. The summed E-state index contributed by atoms with van der Waals surface area (Å²) in [4.78, 5) is 11.5. The van der Waals surface area contributed by atoms with Gasteiger partial charge in [0.2, 0.25) is 5.95 Å². The van der Waals surface area contributed by atoms with E-state index in [1.54, 1.807) is 0 Å². The van der Waals surface area contributed by atoms with Gasteiger partial charge in [-0.05, 0) is 44.5 Å². The number of anilines is 3. The van der Waals surface area contributed by atoms with Crippen molar-refractivity contribution in [3.63, 3.8) is 0 Å². The Kier molecular flexibility index (Phi) is 6.01. The first-order valence-electron chi connectivity index (χ1n) is 7.81. The van der Waals surface area contributed by atoms with Crippen LogP contribution in [-0.4, -0.2) is 23.1 Å². The van der Waals surface area contributed by atoms with Gasteiger partial charge in [0.15, 0.2) is 0 Å². The van der Waals surface area contributed by atoms with Crippen LogP contribution in [0.25, 0.3) is 0 Å². The highest BCUT2D eigenvalue weighted by Crippen LogP contribution is 2.20. The van der Waals surface area contributed by atoms with Crippen LogP contribution in [0.1, 0.15) is 32.9 Å². The molecule has 1 heterocycles. The van der Waals surface area contributed by atoms with E-state index in [-0.39, 0.29) is 0 Å². The summed E-state index contributed by atoms with van der Waals surface area (Å²) in [5.74, 6) is 1.61. The zero-order valence-corrected chi connectivity index (χ0v) is 14.2. The number of rotatable bonds is 7. The SMILES string of the molecule is CCCc1cc(N(CC)CC)nc(Nc2ccc(Cl)cc2)n1. The number of nitrogens with zero attached hydrogens (tertiary/aromatic N) is 3. The van der Waals surface area contributed by atoms with E-state index in [1.165, 1.54) is 0 Å². The lowest BCUT2D eigenvalue weighted by Gasteiger charge is -2.21. The van der Waals surface area contributed by atoms with Gasteiger partial charge in [-0.2, -0.15) is 4.98 Å². The molecule has 1 aromatic carbocycles. The molecule has 118 valence electrons. The van der Waals surface area contributed by atoms with Gasteiger partial charge in [0.05, 0.1) is 0 Å². The zero-order valence-electron chi connectivity index (χ0n) is 13.4. The molecule has 0 spiro atoms. The average molecular weight is 319 g/mol. The molecule has 0 bridgehead atoms. The average Bonchev–Trinajstić information content (AvgIpc) is 2.51. The molecule has 5 heteroatoms. The topological polar surface area (TPSA) is 41.1 Å². The van der Waals surface area contributed by atoms with Crippen LogP contribution in [-0.2, 0) is 6.42 Å². The molecule has 0 saturated heterocycles. The lowest BCUT2D eigenvalue weighted by molar-refractivity contribution is 0.824. The molecule has 2 aromatic rings. The predicted molar refractivity (Wildman–Crippen MR) is 94.3 cm³/mol. The van der Waals surface area contributed by atoms with Crippen LogP contribution in [0.4, 0.5) is 17.5 Å². The highest BCUT2D eigenvalue weighted by atomic mass is 35.5. The van der Waals surface area contributed by atoms with Gasteiger partial charge in [-0.3, -0.25) is 0 Å². The highest BCUT2D eigenvalue weighted by Gasteiger charge is 2.09. The second-order valence-corrected chi connectivity index (χ2v) is 5.53. The number of aryl methyl sites for hydroxylation is 1. The maximum Gasteiger partial charge on any atom is 0.229 e. The van der Waals surface area contributed by atoms with Crippen molar-refractivity contribution in [2.75, 3.05) is 23.3 Å². The van der Waals surface area contributed by atoms with Gasteiger partial charge in [0.25, 0.3) is 0 Å². The van der Waals surface area contributed by atoms with Crippen LogP contribution in [0.15, 0.2) is 30.3 Å². The number of halogens is 1. The molecular weight excluding hydrogens is 296 g/mol. The summed E-state index contributed by atoms with van der Waals surface area (Å²) >= 11 is 5.92. The van der Waals surface area contributed by atoms with E-state index in [9.17, 15) is 0 Å². The van der Waals surface area contributed by atoms with Gasteiger partial charge in [-0.15, -0.1) is 0 Å². The summed E-state index contributed by atoms with van der Waals surface area (Å²) in [6, 6.07) is 9.64. The third kappa shape index (κ3) is 4.34. The van der Waals surface area contributed by atoms with Gasteiger partial charge in [0, 0.05) is 35.6 Å². The summed E-state index contributed by atoms with van der Waals surface area (Å²) in [5.41, 5.74) is 2.00. The first-order chi connectivity index (χ1) is 10.7. The van der Waals surface area contributed by atoms with E-state index in [0.717, 1.165) is 48.2 Å². The first-order valence-corrected chi connectivity index (χ1v) is 8.19. The van der Waals surface area contributed by atoms with Gasteiger partial charge in [-0.25, -0.2) is 4.98 Å². The zero-order chi connectivity index (χ0) is 15.9. The third-order valence-corrected chi connectivity index (χ3v) is 3.71. The minimum atomic E-state index is 0.634. The molecule has 0 amide bonds. The number of benzene rings is 1. The van der Waals surface area contributed by atoms with Crippen molar-refractivity contribution in [2.45, 2.75) is 33.6 Å². The summed E-state index contributed by atoms with van der Waals surface area (Å²) in [6.07, 6.45) is 2.02. The number of hydrogen-bond acceptors (Lipinski definition) is 4. The van der Waals surface area contributed by atoms with Crippen molar-refractivity contribution < 1.29 is 0 Å². The molecule has 0 fully saturated rings. The fraction of sp³-hybridized carbons (Fsp3) is 0.412. The van der Waals surface area contributed by atoms with E-state index >= 15 is 0 Å². The van der Waals surface area contributed by atoms with Crippen molar-refractivity contribution >= 4 is 29.1 Å². The van der Waals surface area contributed by atoms with Crippen LogP contribution < -0.4 is 10.2 Å². The minimum absolute atomic E-state index is 0.634. The smallest absolute Gasteiger partial charge is 0.229 e. The first kappa shape index (κ1) is 16.6. The maximum absolute atomic E-state index is 5.92. The molecule has 2 rings (SSSR count). The molecule has 4 nitrogen and oxygen atoms in total. The number of aromatic nitrogens is 2. The Hall–Kier alpha value is -1.81. The Morgan fingerprint density at radius 2 is 1.73 bits per heavy atom. The van der Waals surface area contributed by atoms with Crippen LogP contribution in [0.3, 0.4) is 0 Å². The largest absolute Gasteiger partial charge is 0.357 e. The third-order valence-electron chi connectivity index (χ3n) is 3.46. The maximum atomic E-state index is 5.92. The van der Waals surface area contributed by atoms with Crippen LogP contribution >= 0.6 is 11.6 Å². The molecule has 0 unspecified atom stereocenters. The Morgan fingerprint density at radius 3 is 2.32 bits per heavy atom. The minimum Gasteiger partial charge on any atom is -0.357 e. The molecule has 0 aliphatic carbocycles. The Balaban J connectivity index is 2.30.